The zero-order valence-electron chi connectivity index (χ0n) is 23.4. The minimum absolute atomic E-state index is 0.0752. The van der Waals surface area contributed by atoms with E-state index in [1.165, 1.54) is 42.5 Å². The standard InChI is InChI=1S/C31H30Cl2F3N3O3/c1-31(2,3)15-20(12-17-8-10-19(32)14-24(17)34)38-28(22(16-37)21-6-5-7-23(33)27(21)36)29(40)39-26-11-9-18(13-25(26)35)30(41)42-4/h5-11,13-14,20,22,28,38H,12,15H2,1-4H3,(H,39,40)/t20-,22+,28-/m1/s1. The number of nitrogens with zero attached hydrogens (tertiary/aromatic N) is 1. The summed E-state index contributed by atoms with van der Waals surface area (Å²) in [5.74, 6) is -5.40. The highest BCUT2D eigenvalue weighted by Crippen LogP contribution is 2.30. The lowest BCUT2D eigenvalue weighted by Crippen LogP contribution is -2.51. The van der Waals surface area contributed by atoms with Crippen LogP contribution in [0.15, 0.2) is 54.6 Å². The van der Waals surface area contributed by atoms with E-state index in [2.05, 4.69) is 15.4 Å². The fraction of sp³-hybridized carbons (Fsp3) is 0.323. The van der Waals surface area contributed by atoms with Gasteiger partial charge in [-0.2, -0.15) is 5.26 Å². The maximum Gasteiger partial charge on any atom is 0.337 e. The molecule has 0 unspecified atom stereocenters. The van der Waals surface area contributed by atoms with Crippen LogP contribution in [0.5, 0.6) is 0 Å². The molecule has 0 spiro atoms. The second-order valence-corrected chi connectivity index (χ2v) is 11.8. The Labute approximate surface area is 252 Å². The van der Waals surface area contributed by atoms with Crippen LogP contribution in [-0.2, 0) is 16.0 Å². The molecule has 0 radical (unpaired) electrons. The number of nitriles is 1. The molecule has 2 N–H and O–H groups in total. The van der Waals surface area contributed by atoms with Crippen molar-refractivity contribution >= 4 is 40.8 Å². The molecule has 0 fully saturated rings. The van der Waals surface area contributed by atoms with Gasteiger partial charge in [0.2, 0.25) is 5.91 Å². The first-order chi connectivity index (χ1) is 19.7. The van der Waals surface area contributed by atoms with Crippen molar-refractivity contribution in [2.24, 2.45) is 5.41 Å². The van der Waals surface area contributed by atoms with Gasteiger partial charge in [0, 0.05) is 16.6 Å². The number of nitrogens with one attached hydrogen (secondary N) is 2. The smallest absolute Gasteiger partial charge is 0.337 e. The monoisotopic (exact) mass is 619 g/mol. The molecule has 42 heavy (non-hydrogen) atoms. The molecule has 1 amide bonds. The number of ether oxygens (including phenoxy) is 1. The number of benzene rings is 3. The number of amides is 1. The van der Waals surface area contributed by atoms with E-state index in [1.807, 2.05) is 26.8 Å². The summed E-state index contributed by atoms with van der Waals surface area (Å²) in [4.78, 5) is 25.5. The third-order valence-corrected chi connectivity index (χ3v) is 7.00. The number of carbonyl (C=O) groups is 2. The van der Waals surface area contributed by atoms with E-state index in [4.69, 9.17) is 23.2 Å². The van der Waals surface area contributed by atoms with Crippen LogP contribution < -0.4 is 10.6 Å². The zero-order valence-corrected chi connectivity index (χ0v) is 24.9. The molecule has 0 heterocycles. The van der Waals surface area contributed by atoms with E-state index in [-0.39, 0.29) is 38.7 Å². The molecule has 6 nitrogen and oxygen atoms in total. The van der Waals surface area contributed by atoms with Gasteiger partial charge >= 0.3 is 5.97 Å². The minimum atomic E-state index is -1.44. The summed E-state index contributed by atoms with van der Waals surface area (Å²) in [7, 11) is 1.15. The van der Waals surface area contributed by atoms with Crippen LogP contribution in [0.3, 0.4) is 0 Å². The maximum absolute atomic E-state index is 15.1. The number of esters is 1. The van der Waals surface area contributed by atoms with E-state index in [0.29, 0.717) is 12.0 Å². The number of rotatable bonds is 10. The molecule has 0 aliphatic rings. The van der Waals surface area contributed by atoms with E-state index >= 15 is 4.39 Å². The Kier molecular flexibility index (Phi) is 11.0. The van der Waals surface area contributed by atoms with Crippen LogP contribution in [0.25, 0.3) is 0 Å². The van der Waals surface area contributed by atoms with Gasteiger partial charge in [0.1, 0.15) is 23.5 Å². The van der Waals surface area contributed by atoms with Gasteiger partial charge in [0.15, 0.2) is 0 Å². The summed E-state index contributed by atoms with van der Waals surface area (Å²) in [6.07, 6.45) is 0.514. The number of hydrogen-bond acceptors (Lipinski definition) is 5. The number of methoxy groups -OCH3 is 1. The van der Waals surface area contributed by atoms with Crippen molar-refractivity contribution < 1.29 is 27.5 Å². The molecular weight excluding hydrogens is 590 g/mol. The lowest BCUT2D eigenvalue weighted by Gasteiger charge is -2.32. The summed E-state index contributed by atoms with van der Waals surface area (Å²) in [6.45, 7) is 5.85. The Morgan fingerprint density at radius 3 is 2.33 bits per heavy atom. The van der Waals surface area contributed by atoms with Gasteiger partial charge < -0.3 is 15.4 Å². The predicted molar refractivity (Wildman–Crippen MR) is 156 cm³/mol. The largest absolute Gasteiger partial charge is 0.465 e. The summed E-state index contributed by atoms with van der Waals surface area (Å²) in [5, 5.41) is 15.7. The van der Waals surface area contributed by atoms with Crippen molar-refractivity contribution in [2.75, 3.05) is 12.4 Å². The normalized spacial score (nSPS) is 13.5. The van der Waals surface area contributed by atoms with Gasteiger partial charge in [-0.1, -0.05) is 62.2 Å². The van der Waals surface area contributed by atoms with Crippen molar-refractivity contribution in [2.45, 2.75) is 51.6 Å². The molecule has 3 aromatic rings. The SMILES string of the molecule is COC(=O)c1ccc(NC(=O)[C@H](N[C@H](Cc2ccc(Cl)cc2F)CC(C)(C)C)[C@@H](C#N)c2cccc(Cl)c2F)c(F)c1. The Morgan fingerprint density at radius 2 is 1.74 bits per heavy atom. The van der Waals surface area contributed by atoms with Gasteiger partial charge in [-0.05, 0) is 60.2 Å². The average molecular weight is 620 g/mol. The first kappa shape index (κ1) is 32.9. The third-order valence-electron chi connectivity index (χ3n) is 6.47. The Hall–Kier alpha value is -3.58. The Bertz CT molecular complexity index is 1500. The second-order valence-electron chi connectivity index (χ2n) is 11.0. The molecule has 0 aliphatic heterocycles. The van der Waals surface area contributed by atoms with Crippen LogP contribution in [-0.4, -0.2) is 31.1 Å². The molecule has 3 aromatic carbocycles. The highest BCUT2D eigenvalue weighted by molar-refractivity contribution is 6.31. The molecule has 11 heteroatoms. The van der Waals surface area contributed by atoms with Crippen LogP contribution in [0.2, 0.25) is 10.0 Å². The highest BCUT2D eigenvalue weighted by atomic mass is 35.5. The van der Waals surface area contributed by atoms with Crippen molar-refractivity contribution in [3.05, 3.63) is 98.8 Å². The van der Waals surface area contributed by atoms with Crippen molar-refractivity contribution in [1.29, 1.82) is 5.26 Å². The zero-order chi connectivity index (χ0) is 31.2. The van der Waals surface area contributed by atoms with Gasteiger partial charge in [0.25, 0.3) is 0 Å². The Morgan fingerprint density at radius 1 is 1.02 bits per heavy atom. The van der Waals surface area contributed by atoms with Gasteiger partial charge in [0.05, 0.1) is 35.4 Å². The summed E-state index contributed by atoms with van der Waals surface area (Å²) < 4.78 is 49.4. The summed E-state index contributed by atoms with van der Waals surface area (Å²) >= 11 is 11.9. The van der Waals surface area contributed by atoms with Crippen molar-refractivity contribution in [3.63, 3.8) is 0 Å². The molecule has 0 aromatic heterocycles. The molecule has 0 saturated heterocycles. The van der Waals surface area contributed by atoms with E-state index < -0.39 is 47.3 Å². The molecule has 0 aliphatic carbocycles. The summed E-state index contributed by atoms with van der Waals surface area (Å²) in [6, 6.07) is 11.6. The van der Waals surface area contributed by atoms with Crippen molar-refractivity contribution in [1.82, 2.24) is 5.32 Å². The first-order valence-corrected chi connectivity index (χ1v) is 13.7. The summed E-state index contributed by atoms with van der Waals surface area (Å²) in [5.41, 5.74) is -0.507. The predicted octanol–water partition coefficient (Wildman–Crippen LogP) is 7.45. The van der Waals surface area contributed by atoms with E-state index in [9.17, 15) is 23.6 Å². The lowest BCUT2D eigenvalue weighted by molar-refractivity contribution is -0.118. The minimum Gasteiger partial charge on any atom is -0.465 e. The van der Waals surface area contributed by atoms with E-state index in [1.54, 1.807) is 6.07 Å². The number of carbonyl (C=O) groups excluding carboxylic acids is 2. The van der Waals surface area contributed by atoms with Crippen LogP contribution in [0.1, 0.15) is 54.6 Å². The number of halogens is 5. The van der Waals surface area contributed by atoms with E-state index in [0.717, 1.165) is 13.2 Å². The van der Waals surface area contributed by atoms with Crippen LogP contribution in [0.4, 0.5) is 18.9 Å². The topological polar surface area (TPSA) is 91.2 Å². The van der Waals surface area contributed by atoms with Crippen LogP contribution >= 0.6 is 23.2 Å². The molecule has 3 rings (SSSR count). The van der Waals surface area contributed by atoms with Gasteiger partial charge in [-0.25, -0.2) is 18.0 Å². The quantitative estimate of drug-likeness (QED) is 0.230. The molecule has 0 saturated carbocycles. The van der Waals surface area contributed by atoms with Gasteiger partial charge in [-0.15, -0.1) is 0 Å². The highest BCUT2D eigenvalue weighted by Gasteiger charge is 2.35. The molecule has 0 bridgehead atoms. The Balaban J connectivity index is 2.05. The average Bonchev–Trinajstić information content (AvgIpc) is 2.91. The number of anilines is 1. The third kappa shape index (κ3) is 8.48. The molecular formula is C31H30Cl2F3N3O3. The fourth-order valence-corrected chi connectivity index (χ4v) is 4.96. The number of hydrogen-bond donors (Lipinski definition) is 2. The molecule has 3 atom stereocenters. The van der Waals surface area contributed by atoms with Crippen molar-refractivity contribution in [3.8, 4) is 6.07 Å². The second kappa shape index (κ2) is 14.1. The van der Waals surface area contributed by atoms with Crippen LogP contribution in [0, 0.1) is 34.2 Å². The van der Waals surface area contributed by atoms with Gasteiger partial charge in [-0.3, -0.25) is 4.79 Å². The fourth-order valence-electron chi connectivity index (χ4n) is 4.62. The molecule has 222 valence electrons. The maximum atomic E-state index is 15.1. The lowest BCUT2D eigenvalue weighted by atomic mass is 9.84. The first-order valence-electron chi connectivity index (χ1n) is 13.0.